The molecule has 0 spiro atoms. The Morgan fingerprint density at radius 2 is 2.26 bits per heavy atom. The topological polar surface area (TPSA) is 127 Å². The summed E-state index contributed by atoms with van der Waals surface area (Å²) < 4.78 is 4.03. The minimum atomic E-state index is -0.491. The quantitative estimate of drug-likeness (QED) is 0.558. The van der Waals surface area contributed by atoms with Gasteiger partial charge in [0.2, 0.25) is 5.95 Å². The van der Waals surface area contributed by atoms with Crippen molar-refractivity contribution in [1.29, 1.82) is 0 Å². The van der Waals surface area contributed by atoms with E-state index in [1.54, 1.807) is 24.4 Å². The number of hydrogen-bond acceptors (Lipinski definition) is 7. The van der Waals surface area contributed by atoms with Crippen LogP contribution >= 0.6 is 11.5 Å². The number of anilines is 1. The molecule has 0 unspecified atom stereocenters. The molecule has 2 heterocycles. The third kappa shape index (κ3) is 3.06. The summed E-state index contributed by atoms with van der Waals surface area (Å²) in [7, 11) is 0. The number of nitrogens with one attached hydrogen (secondary N) is 2. The molecule has 10 heteroatoms. The van der Waals surface area contributed by atoms with Crippen molar-refractivity contribution >= 4 is 29.1 Å². The predicted molar refractivity (Wildman–Crippen MR) is 83.3 cm³/mol. The van der Waals surface area contributed by atoms with Gasteiger partial charge in [0.25, 0.3) is 11.6 Å². The Balaban J connectivity index is 1.81. The molecule has 0 aliphatic rings. The first-order valence-corrected chi connectivity index (χ1v) is 7.28. The number of amides is 1. The molecule has 2 N–H and O–H groups in total. The lowest BCUT2D eigenvalue weighted by molar-refractivity contribution is -0.384. The van der Waals surface area contributed by atoms with E-state index >= 15 is 0 Å². The fourth-order valence-corrected chi connectivity index (χ4v) is 2.59. The van der Waals surface area contributed by atoms with Gasteiger partial charge in [-0.25, -0.2) is 0 Å². The lowest BCUT2D eigenvalue weighted by Gasteiger charge is -1.98. The zero-order valence-electron chi connectivity index (χ0n) is 11.8. The van der Waals surface area contributed by atoms with Crippen molar-refractivity contribution < 1.29 is 9.72 Å². The molecular formula is C13H10N6O3S. The molecule has 0 aliphatic carbocycles. The summed E-state index contributed by atoms with van der Waals surface area (Å²) in [5, 5.41) is 21.5. The third-order valence-electron chi connectivity index (χ3n) is 3.04. The number of hydrogen-bond donors (Lipinski definition) is 2. The maximum Gasteiger partial charge on any atom is 0.270 e. The first-order chi connectivity index (χ1) is 11.0. The summed E-state index contributed by atoms with van der Waals surface area (Å²) in [6.07, 6.45) is 0. The Hall–Kier alpha value is -3.14. The van der Waals surface area contributed by atoms with Gasteiger partial charge in [-0.15, -0.1) is 5.10 Å². The number of nitrogens with zero attached hydrogens (tertiary/aromatic N) is 4. The van der Waals surface area contributed by atoms with Gasteiger partial charge >= 0.3 is 0 Å². The first-order valence-electron chi connectivity index (χ1n) is 6.44. The second kappa shape index (κ2) is 5.93. The summed E-state index contributed by atoms with van der Waals surface area (Å²) >= 11 is 1.19. The Morgan fingerprint density at radius 1 is 1.43 bits per heavy atom. The van der Waals surface area contributed by atoms with Gasteiger partial charge in [-0.05, 0) is 18.5 Å². The van der Waals surface area contributed by atoms with Crippen molar-refractivity contribution in [1.82, 2.24) is 19.6 Å². The van der Waals surface area contributed by atoms with Gasteiger partial charge < -0.3 is 0 Å². The summed E-state index contributed by atoms with van der Waals surface area (Å²) in [4.78, 5) is 26.5. The number of aromatic amines is 1. The van der Waals surface area contributed by atoms with Crippen molar-refractivity contribution in [2.24, 2.45) is 0 Å². The number of carbonyl (C=O) groups excluding carboxylic acids is 1. The first kappa shape index (κ1) is 14.8. The van der Waals surface area contributed by atoms with Gasteiger partial charge in [0, 0.05) is 23.1 Å². The Bertz CT molecular complexity index is 887. The Kier molecular flexibility index (Phi) is 3.81. The number of nitro groups is 1. The standard InChI is InChI=1S/C13H10N6O3S/c1-7-10(6-23-18-7)12(20)15-13-14-11(16-17-13)8-3-2-4-9(5-8)19(21)22/h2-6H,1H3,(H2,14,15,16,17,20). The van der Waals surface area contributed by atoms with Crippen LogP contribution in [0.2, 0.25) is 0 Å². The molecule has 0 atom stereocenters. The van der Waals surface area contributed by atoms with E-state index in [0.29, 0.717) is 22.6 Å². The normalized spacial score (nSPS) is 10.5. The number of rotatable bonds is 4. The van der Waals surface area contributed by atoms with E-state index in [9.17, 15) is 14.9 Å². The molecule has 0 radical (unpaired) electrons. The zero-order valence-corrected chi connectivity index (χ0v) is 12.6. The van der Waals surface area contributed by atoms with Gasteiger partial charge in [-0.1, -0.05) is 12.1 Å². The van der Waals surface area contributed by atoms with Crippen molar-refractivity contribution in [3.8, 4) is 11.4 Å². The zero-order chi connectivity index (χ0) is 16.4. The number of benzene rings is 1. The largest absolute Gasteiger partial charge is 0.289 e. The highest BCUT2D eigenvalue weighted by Gasteiger charge is 2.15. The number of carbonyl (C=O) groups is 1. The lowest BCUT2D eigenvalue weighted by Crippen LogP contribution is -2.13. The highest BCUT2D eigenvalue weighted by molar-refractivity contribution is 7.04. The lowest BCUT2D eigenvalue weighted by atomic mass is 10.2. The van der Waals surface area contributed by atoms with Crippen molar-refractivity contribution in [2.75, 3.05) is 5.32 Å². The number of nitro benzene ring substituents is 1. The number of aromatic nitrogens is 4. The molecule has 2 aromatic heterocycles. The van der Waals surface area contributed by atoms with E-state index in [1.807, 2.05) is 0 Å². The van der Waals surface area contributed by atoms with Gasteiger partial charge in [0.1, 0.15) is 0 Å². The summed E-state index contributed by atoms with van der Waals surface area (Å²) in [6.45, 7) is 1.73. The number of non-ortho nitro benzene ring substituents is 1. The van der Waals surface area contributed by atoms with Crippen LogP contribution in [0.5, 0.6) is 0 Å². The van der Waals surface area contributed by atoms with Gasteiger partial charge in [-0.2, -0.15) is 9.36 Å². The minimum Gasteiger partial charge on any atom is -0.289 e. The smallest absolute Gasteiger partial charge is 0.270 e. The molecule has 3 rings (SSSR count). The molecule has 0 fully saturated rings. The molecule has 0 saturated heterocycles. The molecule has 0 saturated carbocycles. The molecule has 1 amide bonds. The van der Waals surface area contributed by atoms with E-state index in [4.69, 9.17) is 0 Å². The van der Waals surface area contributed by atoms with Crippen LogP contribution in [0.1, 0.15) is 16.1 Å². The Morgan fingerprint density at radius 3 is 2.96 bits per heavy atom. The van der Waals surface area contributed by atoms with Crippen LogP contribution < -0.4 is 5.32 Å². The molecule has 0 aliphatic heterocycles. The van der Waals surface area contributed by atoms with E-state index in [1.165, 1.54) is 23.7 Å². The van der Waals surface area contributed by atoms with Crippen LogP contribution in [0.3, 0.4) is 0 Å². The molecule has 3 aromatic rings. The van der Waals surface area contributed by atoms with Gasteiger partial charge in [-0.3, -0.25) is 25.3 Å². The average molecular weight is 330 g/mol. The van der Waals surface area contributed by atoms with Crippen LogP contribution in [-0.4, -0.2) is 30.4 Å². The highest BCUT2D eigenvalue weighted by Crippen LogP contribution is 2.21. The summed E-state index contributed by atoms with van der Waals surface area (Å²) in [5.41, 5.74) is 1.53. The van der Waals surface area contributed by atoms with Crippen LogP contribution in [0.25, 0.3) is 11.4 Å². The molecule has 116 valence electrons. The molecule has 1 aromatic carbocycles. The van der Waals surface area contributed by atoms with Crippen LogP contribution in [0.4, 0.5) is 11.6 Å². The van der Waals surface area contributed by atoms with E-state index in [0.717, 1.165) is 0 Å². The number of aryl methyl sites for hydroxylation is 1. The molecule has 9 nitrogen and oxygen atoms in total. The predicted octanol–water partition coefficient (Wildman–Crippen LogP) is 2.40. The third-order valence-corrected chi connectivity index (χ3v) is 3.76. The second-order valence-electron chi connectivity index (χ2n) is 4.58. The van der Waals surface area contributed by atoms with E-state index in [-0.39, 0.29) is 17.5 Å². The van der Waals surface area contributed by atoms with Crippen molar-refractivity contribution in [3.63, 3.8) is 0 Å². The van der Waals surface area contributed by atoms with Gasteiger partial charge in [0.15, 0.2) is 5.82 Å². The van der Waals surface area contributed by atoms with Crippen molar-refractivity contribution in [3.05, 3.63) is 51.0 Å². The minimum absolute atomic E-state index is 0.0514. The fourth-order valence-electron chi connectivity index (χ4n) is 1.89. The van der Waals surface area contributed by atoms with E-state index in [2.05, 4.69) is 24.9 Å². The average Bonchev–Trinajstić information content (AvgIpc) is 3.16. The molecule has 23 heavy (non-hydrogen) atoms. The maximum atomic E-state index is 12.1. The van der Waals surface area contributed by atoms with Crippen LogP contribution in [-0.2, 0) is 0 Å². The summed E-state index contributed by atoms with van der Waals surface area (Å²) in [5.74, 6) is 0.0483. The van der Waals surface area contributed by atoms with Crippen LogP contribution in [0, 0.1) is 17.0 Å². The van der Waals surface area contributed by atoms with Gasteiger partial charge in [0.05, 0.1) is 16.2 Å². The maximum absolute atomic E-state index is 12.1. The van der Waals surface area contributed by atoms with E-state index < -0.39 is 4.92 Å². The SMILES string of the molecule is Cc1nscc1C(=O)Nc1n[nH]c(-c2cccc([N+](=O)[O-])c2)n1. The Labute approximate surface area is 133 Å². The van der Waals surface area contributed by atoms with Crippen LogP contribution in [0.15, 0.2) is 29.6 Å². The fraction of sp³-hybridized carbons (Fsp3) is 0.0769. The highest BCUT2D eigenvalue weighted by atomic mass is 32.1. The monoisotopic (exact) mass is 330 g/mol. The number of H-pyrrole nitrogens is 1. The second-order valence-corrected chi connectivity index (χ2v) is 5.21. The van der Waals surface area contributed by atoms with Crippen molar-refractivity contribution in [2.45, 2.75) is 6.92 Å². The summed E-state index contributed by atoms with van der Waals surface area (Å²) in [6, 6.07) is 5.97. The molecular weight excluding hydrogens is 320 g/mol. The molecule has 0 bridgehead atoms.